The summed E-state index contributed by atoms with van der Waals surface area (Å²) < 4.78 is 10.2. The summed E-state index contributed by atoms with van der Waals surface area (Å²) >= 11 is 5.45. The number of benzene rings is 1. The van der Waals surface area contributed by atoms with Gasteiger partial charge < -0.3 is 14.6 Å². The predicted molar refractivity (Wildman–Crippen MR) is 64.6 cm³/mol. The largest absolute Gasteiger partial charge is 0.490 e. The summed E-state index contributed by atoms with van der Waals surface area (Å²) in [6.07, 6.45) is -0.757. The Hall–Kier alpha value is -1.26. The van der Waals surface area contributed by atoms with Crippen LogP contribution in [0.25, 0.3) is 0 Å². The molecule has 0 amide bonds. The average molecular weight is 259 g/mol. The molecule has 0 aliphatic heterocycles. The predicted octanol–water partition coefficient (Wildman–Crippen LogP) is 1.84. The molecule has 0 aliphatic carbocycles. The second-order valence-corrected chi connectivity index (χ2v) is 3.64. The number of alkyl halides is 1. The molecule has 0 aromatic heterocycles. The van der Waals surface area contributed by atoms with Crippen LogP contribution in [-0.2, 0) is 4.74 Å². The lowest BCUT2D eigenvalue weighted by molar-refractivity contribution is 0.0517. The zero-order chi connectivity index (χ0) is 12.7. The summed E-state index contributed by atoms with van der Waals surface area (Å²) in [5.74, 6) is 0.0280. The number of esters is 1. The second kappa shape index (κ2) is 7.14. The monoisotopic (exact) mass is 258 g/mol. The molecule has 0 fully saturated rings. The molecule has 1 aromatic carbocycles. The van der Waals surface area contributed by atoms with Crippen LogP contribution in [0.4, 0.5) is 0 Å². The van der Waals surface area contributed by atoms with Gasteiger partial charge >= 0.3 is 5.97 Å². The number of para-hydroxylation sites is 1. The molecule has 94 valence electrons. The van der Waals surface area contributed by atoms with E-state index in [-0.39, 0.29) is 12.5 Å². The van der Waals surface area contributed by atoms with Crippen molar-refractivity contribution in [2.24, 2.45) is 0 Å². The molecule has 0 saturated heterocycles. The maximum Gasteiger partial charge on any atom is 0.341 e. The van der Waals surface area contributed by atoms with Crippen LogP contribution in [0.5, 0.6) is 5.75 Å². The summed E-state index contributed by atoms with van der Waals surface area (Å²) in [5, 5.41) is 9.28. The van der Waals surface area contributed by atoms with Gasteiger partial charge in [-0.3, -0.25) is 0 Å². The molecular formula is C12H15ClO4. The molecule has 4 nitrogen and oxygen atoms in total. The molecule has 0 heterocycles. The Balaban J connectivity index is 2.74. The SMILES string of the molecule is CCOC(=O)c1ccccc1OCC(O)CCl. The van der Waals surface area contributed by atoms with E-state index < -0.39 is 12.1 Å². The van der Waals surface area contributed by atoms with Crippen LogP contribution in [0.1, 0.15) is 17.3 Å². The topological polar surface area (TPSA) is 55.8 Å². The van der Waals surface area contributed by atoms with E-state index in [2.05, 4.69) is 0 Å². The Labute approximate surface area is 105 Å². The Morgan fingerprint density at radius 2 is 2.18 bits per heavy atom. The van der Waals surface area contributed by atoms with Gasteiger partial charge in [0.25, 0.3) is 0 Å². The molecule has 17 heavy (non-hydrogen) atoms. The number of halogens is 1. The van der Waals surface area contributed by atoms with Crippen LogP contribution in [0, 0.1) is 0 Å². The number of carbonyl (C=O) groups is 1. The number of aliphatic hydroxyl groups is 1. The standard InChI is InChI=1S/C12H15ClO4/c1-2-16-12(15)10-5-3-4-6-11(10)17-8-9(14)7-13/h3-6,9,14H,2,7-8H2,1H3. The third kappa shape index (κ3) is 4.24. The van der Waals surface area contributed by atoms with E-state index in [1.165, 1.54) is 0 Å². The van der Waals surface area contributed by atoms with Crippen molar-refractivity contribution in [1.82, 2.24) is 0 Å². The van der Waals surface area contributed by atoms with Crippen molar-refractivity contribution >= 4 is 17.6 Å². The van der Waals surface area contributed by atoms with Crippen LogP contribution in [0.2, 0.25) is 0 Å². The van der Waals surface area contributed by atoms with E-state index in [1.54, 1.807) is 31.2 Å². The van der Waals surface area contributed by atoms with E-state index in [0.717, 1.165) is 0 Å². The van der Waals surface area contributed by atoms with Gasteiger partial charge in [0.1, 0.15) is 24.0 Å². The number of carbonyl (C=O) groups excluding carboxylic acids is 1. The summed E-state index contributed by atoms with van der Waals surface area (Å²) in [4.78, 5) is 11.6. The highest BCUT2D eigenvalue weighted by atomic mass is 35.5. The van der Waals surface area contributed by atoms with E-state index in [0.29, 0.717) is 17.9 Å². The molecule has 0 saturated carbocycles. The smallest absolute Gasteiger partial charge is 0.341 e. The molecule has 0 spiro atoms. The Morgan fingerprint density at radius 1 is 1.47 bits per heavy atom. The number of rotatable bonds is 6. The fraction of sp³-hybridized carbons (Fsp3) is 0.417. The van der Waals surface area contributed by atoms with Crippen molar-refractivity contribution in [2.45, 2.75) is 13.0 Å². The van der Waals surface area contributed by atoms with Crippen LogP contribution in [0.15, 0.2) is 24.3 Å². The molecule has 1 N–H and O–H groups in total. The lowest BCUT2D eigenvalue weighted by atomic mass is 10.2. The van der Waals surface area contributed by atoms with Gasteiger partial charge in [0.05, 0.1) is 12.5 Å². The summed E-state index contributed by atoms with van der Waals surface area (Å²) in [7, 11) is 0. The number of aliphatic hydroxyl groups excluding tert-OH is 1. The molecule has 0 bridgehead atoms. The van der Waals surface area contributed by atoms with Gasteiger partial charge in [0.2, 0.25) is 0 Å². The fourth-order valence-electron chi connectivity index (χ4n) is 1.20. The van der Waals surface area contributed by atoms with Crippen molar-refractivity contribution in [3.8, 4) is 5.75 Å². The van der Waals surface area contributed by atoms with Crippen LogP contribution in [0.3, 0.4) is 0 Å². The molecule has 1 unspecified atom stereocenters. The Kier molecular flexibility index (Phi) is 5.80. The van der Waals surface area contributed by atoms with Gasteiger partial charge in [-0.15, -0.1) is 11.6 Å². The van der Waals surface area contributed by atoms with Crippen molar-refractivity contribution in [2.75, 3.05) is 19.1 Å². The normalized spacial score (nSPS) is 11.9. The zero-order valence-corrected chi connectivity index (χ0v) is 10.3. The van der Waals surface area contributed by atoms with E-state index in [4.69, 9.17) is 21.1 Å². The Bertz CT molecular complexity index is 367. The Morgan fingerprint density at radius 3 is 2.82 bits per heavy atom. The summed E-state index contributed by atoms with van der Waals surface area (Å²) in [5.41, 5.74) is 0.344. The average Bonchev–Trinajstić information content (AvgIpc) is 2.36. The van der Waals surface area contributed by atoms with Crippen molar-refractivity contribution in [1.29, 1.82) is 0 Å². The fourth-order valence-corrected chi connectivity index (χ4v) is 1.29. The third-order valence-corrected chi connectivity index (χ3v) is 2.35. The van der Waals surface area contributed by atoms with Crippen LogP contribution in [-0.4, -0.2) is 36.3 Å². The van der Waals surface area contributed by atoms with E-state index >= 15 is 0 Å². The molecule has 1 aromatic rings. The maximum absolute atomic E-state index is 11.6. The van der Waals surface area contributed by atoms with Gasteiger partial charge in [0.15, 0.2) is 0 Å². The first-order valence-corrected chi connectivity index (χ1v) is 5.85. The molecular weight excluding hydrogens is 244 g/mol. The second-order valence-electron chi connectivity index (χ2n) is 3.34. The molecule has 1 atom stereocenters. The van der Waals surface area contributed by atoms with Crippen molar-refractivity contribution in [3.63, 3.8) is 0 Å². The van der Waals surface area contributed by atoms with Crippen molar-refractivity contribution < 1.29 is 19.4 Å². The van der Waals surface area contributed by atoms with Gasteiger partial charge in [-0.1, -0.05) is 12.1 Å². The van der Waals surface area contributed by atoms with Crippen LogP contribution >= 0.6 is 11.6 Å². The molecule has 0 aliphatic rings. The van der Waals surface area contributed by atoms with Crippen molar-refractivity contribution in [3.05, 3.63) is 29.8 Å². The van der Waals surface area contributed by atoms with Gasteiger partial charge in [-0.25, -0.2) is 4.79 Å². The third-order valence-electron chi connectivity index (χ3n) is 1.99. The minimum Gasteiger partial charge on any atom is -0.490 e. The maximum atomic E-state index is 11.6. The van der Waals surface area contributed by atoms with E-state index in [9.17, 15) is 9.90 Å². The zero-order valence-electron chi connectivity index (χ0n) is 9.56. The van der Waals surface area contributed by atoms with Crippen LogP contribution < -0.4 is 4.74 Å². The first-order chi connectivity index (χ1) is 8.19. The minimum atomic E-state index is -0.757. The lowest BCUT2D eigenvalue weighted by Crippen LogP contribution is -2.20. The lowest BCUT2D eigenvalue weighted by Gasteiger charge is -2.12. The van der Waals surface area contributed by atoms with Gasteiger partial charge in [-0.05, 0) is 19.1 Å². The van der Waals surface area contributed by atoms with Gasteiger partial charge in [-0.2, -0.15) is 0 Å². The first-order valence-electron chi connectivity index (χ1n) is 5.32. The molecule has 5 heteroatoms. The highest BCUT2D eigenvalue weighted by molar-refractivity contribution is 6.18. The number of ether oxygens (including phenoxy) is 2. The number of hydrogen-bond acceptors (Lipinski definition) is 4. The highest BCUT2D eigenvalue weighted by Crippen LogP contribution is 2.19. The number of hydrogen-bond donors (Lipinski definition) is 1. The summed E-state index contributed by atoms with van der Waals surface area (Å²) in [6, 6.07) is 6.72. The quantitative estimate of drug-likeness (QED) is 0.625. The first kappa shape index (κ1) is 13.8. The molecule has 1 rings (SSSR count). The van der Waals surface area contributed by atoms with E-state index in [1.807, 2.05) is 0 Å². The van der Waals surface area contributed by atoms with Gasteiger partial charge in [0, 0.05) is 0 Å². The minimum absolute atomic E-state index is 0.0416. The summed E-state index contributed by atoms with van der Waals surface area (Å²) in [6.45, 7) is 2.08. The highest BCUT2D eigenvalue weighted by Gasteiger charge is 2.13. The molecule has 0 radical (unpaired) electrons.